The summed E-state index contributed by atoms with van der Waals surface area (Å²) in [5, 5.41) is 3.00. The molecule has 1 aromatic heterocycles. The Kier molecular flexibility index (Phi) is 6.32. The van der Waals surface area contributed by atoms with Gasteiger partial charge in [0.25, 0.3) is 5.91 Å². The summed E-state index contributed by atoms with van der Waals surface area (Å²) in [6, 6.07) is 26.0. The number of rotatable bonds is 8. The average molecular weight is 414 g/mol. The van der Waals surface area contributed by atoms with Crippen LogP contribution in [0.4, 0.5) is 0 Å². The molecule has 0 bridgehead atoms. The molecule has 0 spiro atoms. The highest BCUT2D eigenvalue weighted by atomic mass is 16.5. The topological polar surface area (TPSA) is 56.1 Å². The predicted octanol–water partition coefficient (Wildman–Crippen LogP) is 5.02. The van der Waals surface area contributed by atoms with Crippen molar-refractivity contribution in [2.75, 3.05) is 13.7 Å². The zero-order chi connectivity index (χ0) is 21.6. The minimum absolute atomic E-state index is 0.0752. The van der Waals surface area contributed by atoms with Crippen molar-refractivity contribution in [3.05, 3.63) is 95.8 Å². The first-order valence-corrected chi connectivity index (χ1v) is 10.6. The number of ether oxygens (including phenoxy) is 1. The van der Waals surface area contributed by atoms with E-state index in [2.05, 4.69) is 59.3 Å². The van der Waals surface area contributed by atoms with Gasteiger partial charge in [0.05, 0.1) is 24.2 Å². The number of aromatic nitrogens is 2. The molecule has 0 aliphatic carbocycles. The third-order valence-corrected chi connectivity index (χ3v) is 5.55. The first-order valence-electron chi connectivity index (χ1n) is 10.6. The number of benzene rings is 3. The Bertz CT molecular complexity index is 1150. The van der Waals surface area contributed by atoms with E-state index in [-0.39, 0.29) is 11.9 Å². The number of fused-ring (bicyclic) bond motifs is 1. The van der Waals surface area contributed by atoms with Crippen molar-refractivity contribution in [3.63, 3.8) is 0 Å². The molecule has 1 heterocycles. The number of nitrogens with zero attached hydrogens (tertiary/aromatic N) is 2. The van der Waals surface area contributed by atoms with Gasteiger partial charge in [-0.05, 0) is 55.3 Å². The Morgan fingerprint density at radius 1 is 1.00 bits per heavy atom. The minimum Gasteiger partial charge on any atom is -0.497 e. The Balaban J connectivity index is 1.45. The Hall–Kier alpha value is -3.60. The second-order valence-corrected chi connectivity index (χ2v) is 7.56. The molecule has 5 nitrogen and oxygen atoms in total. The molecule has 0 aliphatic rings. The largest absolute Gasteiger partial charge is 0.497 e. The zero-order valence-electron chi connectivity index (χ0n) is 17.9. The van der Waals surface area contributed by atoms with E-state index in [1.807, 2.05) is 12.1 Å². The SMILES string of the molecule is COc1ccc(C(=O)NCCCc2nc3ccccc3n2C(C)c2ccccc2)cc1. The first kappa shape index (κ1) is 20.7. The quantitative estimate of drug-likeness (QED) is 0.413. The van der Waals surface area contributed by atoms with Crippen LogP contribution in [0.25, 0.3) is 11.0 Å². The summed E-state index contributed by atoms with van der Waals surface area (Å²) in [5.74, 6) is 1.70. The Morgan fingerprint density at radius 2 is 1.71 bits per heavy atom. The van der Waals surface area contributed by atoms with Crippen LogP contribution in [-0.4, -0.2) is 29.1 Å². The summed E-state index contributed by atoms with van der Waals surface area (Å²) in [7, 11) is 1.61. The molecule has 1 atom stereocenters. The molecule has 4 aromatic rings. The number of para-hydroxylation sites is 2. The van der Waals surface area contributed by atoms with Gasteiger partial charge in [0.2, 0.25) is 0 Å². The summed E-state index contributed by atoms with van der Waals surface area (Å²) in [6.07, 6.45) is 1.60. The predicted molar refractivity (Wildman–Crippen MR) is 124 cm³/mol. The number of hydrogen-bond donors (Lipinski definition) is 1. The lowest BCUT2D eigenvalue weighted by Gasteiger charge is -2.18. The number of carbonyl (C=O) groups is 1. The maximum atomic E-state index is 12.4. The van der Waals surface area contributed by atoms with Gasteiger partial charge in [-0.3, -0.25) is 4.79 Å². The van der Waals surface area contributed by atoms with Gasteiger partial charge in [-0.1, -0.05) is 42.5 Å². The van der Waals surface area contributed by atoms with Gasteiger partial charge in [-0.2, -0.15) is 0 Å². The molecule has 4 rings (SSSR count). The Morgan fingerprint density at radius 3 is 2.45 bits per heavy atom. The lowest BCUT2D eigenvalue weighted by molar-refractivity contribution is 0.0953. The number of hydrogen-bond acceptors (Lipinski definition) is 3. The summed E-state index contributed by atoms with van der Waals surface area (Å²) >= 11 is 0. The molecular weight excluding hydrogens is 386 g/mol. The second-order valence-electron chi connectivity index (χ2n) is 7.56. The summed E-state index contributed by atoms with van der Waals surface area (Å²) < 4.78 is 7.46. The fourth-order valence-electron chi connectivity index (χ4n) is 3.88. The van der Waals surface area contributed by atoms with Gasteiger partial charge in [0.15, 0.2) is 0 Å². The van der Waals surface area contributed by atoms with Gasteiger partial charge < -0.3 is 14.6 Å². The van der Waals surface area contributed by atoms with Gasteiger partial charge in [-0.25, -0.2) is 4.98 Å². The number of aryl methyl sites for hydroxylation is 1. The van der Waals surface area contributed by atoms with E-state index in [4.69, 9.17) is 9.72 Å². The van der Waals surface area contributed by atoms with Crippen LogP contribution in [0.2, 0.25) is 0 Å². The molecule has 31 heavy (non-hydrogen) atoms. The fourth-order valence-corrected chi connectivity index (χ4v) is 3.88. The number of imidazole rings is 1. The lowest BCUT2D eigenvalue weighted by Crippen LogP contribution is -2.25. The number of amides is 1. The van der Waals surface area contributed by atoms with Crippen LogP contribution in [-0.2, 0) is 6.42 Å². The lowest BCUT2D eigenvalue weighted by atomic mass is 10.1. The molecule has 0 fully saturated rings. The van der Waals surface area contributed by atoms with Gasteiger partial charge in [0.1, 0.15) is 11.6 Å². The second kappa shape index (κ2) is 9.47. The monoisotopic (exact) mass is 413 g/mol. The third kappa shape index (κ3) is 4.61. The normalized spacial score (nSPS) is 11.9. The van der Waals surface area contributed by atoms with Crippen LogP contribution < -0.4 is 10.1 Å². The van der Waals surface area contributed by atoms with E-state index in [0.717, 1.165) is 35.4 Å². The molecular formula is C26H27N3O2. The van der Waals surface area contributed by atoms with Crippen molar-refractivity contribution in [3.8, 4) is 5.75 Å². The van der Waals surface area contributed by atoms with Crippen molar-refractivity contribution in [1.29, 1.82) is 0 Å². The van der Waals surface area contributed by atoms with Crippen LogP contribution in [0.15, 0.2) is 78.9 Å². The average Bonchev–Trinajstić information content (AvgIpc) is 3.20. The van der Waals surface area contributed by atoms with Crippen molar-refractivity contribution in [2.45, 2.75) is 25.8 Å². The highest BCUT2D eigenvalue weighted by molar-refractivity contribution is 5.94. The molecule has 0 saturated heterocycles. The van der Waals surface area contributed by atoms with Gasteiger partial charge >= 0.3 is 0 Å². The Labute approximate surface area is 182 Å². The third-order valence-electron chi connectivity index (χ3n) is 5.55. The molecule has 5 heteroatoms. The van der Waals surface area contributed by atoms with E-state index < -0.39 is 0 Å². The van der Waals surface area contributed by atoms with Crippen molar-refractivity contribution >= 4 is 16.9 Å². The summed E-state index contributed by atoms with van der Waals surface area (Å²) in [5.41, 5.74) is 4.02. The van der Waals surface area contributed by atoms with Crippen molar-refractivity contribution in [2.24, 2.45) is 0 Å². The van der Waals surface area contributed by atoms with E-state index in [9.17, 15) is 4.79 Å². The molecule has 1 amide bonds. The number of nitrogens with one attached hydrogen (secondary N) is 1. The minimum atomic E-state index is -0.0752. The van der Waals surface area contributed by atoms with Crippen LogP contribution in [0.1, 0.15) is 41.1 Å². The molecule has 158 valence electrons. The van der Waals surface area contributed by atoms with Crippen LogP contribution in [0.5, 0.6) is 5.75 Å². The summed E-state index contributed by atoms with van der Waals surface area (Å²) in [6.45, 7) is 2.80. The number of carbonyl (C=O) groups excluding carboxylic acids is 1. The van der Waals surface area contributed by atoms with Crippen LogP contribution >= 0.6 is 0 Å². The molecule has 1 unspecified atom stereocenters. The highest BCUT2D eigenvalue weighted by Crippen LogP contribution is 2.26. The molecule has 0 radical (unpaired) electrons. The molecule has 0 aliphatic heterocycles. The van der Waals surface area contributed by atoms with Crippen molar-refractivity contribution < 1.29 is 9.53 Å². The van der Waals surface area contributed by atoms with E-state index in [0.29, 0.717) is 12.1 Å². The fraction of sp³-hybridized carbons (Fsp3) is 0.231. The van der Waals surface area contributed by atoms with Crippen LogP contribution in [0, 0.1) is 0 Å². The van der Waals surface area contributed by atoms with E-state index in [1.165, 1.54) is 5.56 Å². The molecule has 0 saturated carbocycles. The smallest absolute Gasteiger partial charge is 0.251 e. The molecule has 3 aromatic carbocycles. The maximum Gasteiger partial charge on any atom is 0.251 e. The maximum absolute atomic E-state index is 12.4. The number of methoxy groups -OCH3 is 1. The van der Waals surface area contributed by atoms with E-state index in [1.54, 1.807) is 31.4 Å². The van der Waals surface area contributed by atoms with Gasteiger partial charge in [0, 0.05) is 18.5 Å². The van der Waals surface area contributed by atoms with E-state index >= 15 is 0 Å². The highest BCUT2D eigenvalue weighted by Gasteiger charge is 2.17. The zero-order valence-corrected chi connectivity index (χ0v) is 17.9. The van der Waals surface area contributed by atoms with Gasteiger partial charge in [-0.15, -0.1) is 0 Å². The summed E-state index contributed by atoms with van der Waals surface area (Å²) in [4.78, 5) is 17.3. The van der Waals surface area contributed by atoms with Crippen molar-refractivity contribution in [1.82, 2.24) is 14.9 Å². The molecule has 1 N–H and O–H groups in total. The first-order chi connectivity index (χ1) is 15.2. The van der Waals surface area contributed by atoms with Crippen LogP contribution in [0.3, 0.4) is 0 Å². The standard InChI is InChI=1S/C26H27N3O2/c1-19(20-9-4-3-5-10-20)29-24-12-7-6-11-23(24)28-25(29)13-8-18-27-26(30)21-14-16-22(31-2)17-15-21/h3-7,9-12,14-17,19H,8,13,18H2,1-2H3,(H,27,30).